The number of hydrogen-bond donors (Lipinski definition) is 0. The molecule has 0 atom stereocenters. The van der Waals surface area contributed by atoms with Crippen molar-refractivity contribution < 1.29 is 18.7 Å². The molecule has 0 spiro atoms. The molecule has 3 aromatic rings. The van der Waals surface area contributed by atoms with Crippen LogP contribution in [-0.4, -0.2) is 20.0 Å². The number of ketones is 1. The van der Waals surface area contributed by atoms with Crippen LogP contribution in [0.25, 0.3) is 17.4 Å². The van der Waals surface area contributed by atoms with Gasteiger partial charge in [-0.1, -0.05) is 34.1 Å². The first-order valence-corrected chi connectivity index (χ1v) is 8.71. The molecule has 132 valence electrons. The maximum Gasteiger partial charge on any atom is 0.189 e. The Morgan fingerprint density at radius 2 is 1.85 bits per heavy atom. The molecule has 0 N–H and O–H groups in total. The summed E-state index contributed by atoms with van der Waals surface area (Å²) < 4.78 is 17.2. The Morgan fingerprint density at radius 3 is 2.58 bits per heavy atom. The van der Waals surface area contributed by atoms with E-state index in [0.717, 1.165) is 15.8 Å². The van der Waals surface area contributed by atoms with Crippen molar-refractivity contribution >= 4 is 27.8 Å². The minimum atomic E-state index is -0.177. The van der Waals surface area contributed by atoms with Crippen molar-refractivity contribution in [1.82, 2.24) is 0 Å². The van der Waals surface area contributed by atoms with Gasteiger partial charge in [0, 0.05) is 16.1 Å². The fourth-order valence-corrected chi connectivity index (χ4v) is 2.98. The number of ether oxygens (including phenoxy) is 2. The largest absolute Gasteiger partial charge is 0.497 e. The van der Waals surface area contributed by atoms with Gasteiger partial charge in [0.25, 0.3) is 0 Å². The van der Waals surface area contributed by atoms with Crippen LogP contribution in [0.4, 0.5) is 0 Å². The van der Waals surface area contributed by atoms with Crippen molar-refractivity contribution in [2.24, 2.45) is 0 Å². The third-order valence-corrected chi connectivity index (χ3v) is 4.53. The van der Waals surface area contributed by atoms with Gasteiger partial charge in [0.15, 0.2) is 5.78 Å². The maximum atomic E-state index is 12.5. The van der Waals surface area contributed by atoms with Crippen LogP contribution in [0, 0.1) is 0 Å². The van der Waals surface area contributed by atoms with Crippen molar-refractivity contribution in [3.05, 3.63) is 76.5 Å². The summed E-state index contributed by atoms with van der Waals surface area (Å²) in [6, 6.07) is 16.6. The second-order valence-corrected chi connectivity index (χ2v) is 6.30. The zero-order valence-corrected chi connectivity index (χ0v) is 15.9. The molecule has 0 bridgehead atoms. The molecule has 0 aliphatic heterocycles. The van der Waals surface area contributed by atoms with E-state index in [1.807, 2.05) is 36.4 Å². The molecule has 1 heterocycles. The van der Waals surface area contributed by atoms with Gasteiger partial charge in [-0.3, -0.25) is 4.79 Å². The third kappa shape index (κ3) is 3.89. The molecule has 0 saturated heterocycles. The molecule has 0 unspecified atom stereocenters. The van der Waals surface area contributed by atoms with Crippen molar-refractivity contribution in [3.8, 4) is 22.8 Å². The third-order valence-electron chi connectivity index (χ3n) is 3.84. The highest BCUT2D eigenvalue weighted by molar-refractivity contribution is 9.10. The van der Waals surface area contributed by atoms with Gasteiger partial charge in [0.2, 0.25) is 0 Å². The van der Waals surface area contributed by atoms with E-state index < -0.39 is 0 Å². The summed E-state index contributed by atoms with van der Waals surface area (Å²) in [6.45, 7) is 0. The molecule has 5 heteroatoms. The molecular formula is C21H17BrO4. The first-order valence-electron chi connectivity index (χ1n) is 7.91. The summed E-state index contributed by atoms with van der Waals surface area (Å²) in [7, 11) is 3.08. The van der Waals surface area contributed by atoms with Gasteiger partial charge in [-0.2, -0.15) is 0 Å². The number of rotatable bonds is 6. The lowest BCUT2D eigenvalue weighted by Gasteiger charge is -2.07. The Labute approximate surface area is 160 Å². The monoisotopic (exact) mass is 412 g/mol. The molecule has 1 aromatic heterocycles. The smallest absolute Gasteiger partial charge is 0.189 e. The zero-order valence-electron chi connectivity index (χ0n) is 14.4. The summed E-state index contributed by atoms with van der Waals surface area (Å²) in [5, 5.41) is 0. The summed E-state index contributed by atoms with van der Waals surface area (Å²) in [6.07, 6.45) is 3.11. The van der Waals surface area contributed by atoms with E-state index >= 15 is 0 Å². The van der Waals surface area contributed by atoms with Crippen LogP contribution >= 0.6 is 15.9 Å². The van der Waals surface area contributed by atoms with Crippen LogP contribution in [0.2, 0.25) is 0 Å². The molecule has 3 rings (SSSR count). The average molecular weight is 413 g/mol. The van der Waals surface area contributed by atoms with Crippen LogP contribution < -0.4 is 9.47 Å². The van der Waals surface area contributed by atoms with Gasteiger partial charge in [-0.05, 0) is 42.5 Å². The van der Waals surface area contributed by atoms with E-state index in [4.69, 9.17) is 13.9 Å². The number of benzene rings is 2. The second kappa shape index (κ2) is 8.06. The summed E-state index contributed by atoms with van der Waals surface area (Å²) in [4.78, 5) is 12.5. The fourth-order valence-electron chi connectivity index (χ4n) is 2.50. The Hall–Kier alpha value is -2.79. The lowest BCUT2D eigenvalue weighted by molar-refractivity contribution is 0.104. The molecule has 0 saturated carbocycles. The number of allylic oxidation sites excluding steroid dienone is 1. The predicted molar refractivity (Wildman–Crippen MR) is 105 cm³/mol. The minimum Gasteiger partial charge on any atom is -0.497 e. The fraction of sp³-hybridized carbons (Fsp3) is 0.0952. The molecule has 4 nitrogen and oxygen atoms in total. The highest BCUT2D eigenvalue weighted by atomic mass is 79.9. The molecule has 2 aromatic carbocycles. The minimum absolute atomic E-state index is 0.177. The van der Waals surface area contributed by atoms with E-state index in [0.29, 0.717) is 22.8 Å². The van der Waals surface area contributed by atoms with Crippen molar-refractivity contribution in [1.29, 1.82) is 0 Å². The number of hydrogen-bond acceptors (Lipinski definition) is 4. The van der Waals surface area contributed by atoms with Crippen LogP contribution in [0.15, 0.2) is 69.6 Å². The lowest BCUT2D eigenvalue weighted by atomic mass is 10.1. The van der Waals surface area contributed by atoms with Crippen LogP contribution in [-0.2, 0) is 0 Å². The van der Waals surface area contributed by atoms with Crippen molar-refractivity contribution in [2.45, 2.75) is 0 Å². The van der Waals surface area contributed by atoms with Gasteiger partial charge in [0.05, 0.1) is 19.8 Å². The van der Waals surface area contributed by atoms with E-state index in [9.17, 15) is 4.79 Å². The van der Waals surface area contributed by atoms with Gasteiger partial charge in [-0.25, -0.2) is 0 Å². The predicted octanol–water partition coefficient (Wildman–Crippen LogP) is 5.62. The maximum absolute atomic E-state index is 12.5. The van der Waals surface area contributed by atoms with Gasteiger partial charge >= 0.3 is 0 Å². The standard InChI is InChI=1S/C21H17BrO4/c1-24-15-7-10-17(21(13-15)25-2)19(23)11-8-14-9-12-20(26-14)16-5-3-4-6-18(16)22/h3-13H,1-2H3/b11-8+. The number of carbonyl (C=O) groups is 1. The van der Waals surface area contributed by atoms with E-state index in [1.165, 1.54) is 13.2 Å². The summed E-state index contributed by atoms with van der Waals surface area (Å²) >= 11 is 3.51. The normalized spacial score (nSPS) is 10.9. The molecular weight excluding hydrogens is 396 g/mol. The molecule has 0 amide bonds. The molecule has 0 aliphatic rings. The number of methoxy groups -OCH3 is 2. The molecule has 26 heavy (non-hydrogen) atoms. The van der Waals surface area contributed by atoms with E-state index in [2.05, 4.69) is 15.9 Å². The van der Waals surface area contributed by atoms with Crippen molar-refractivity contribution in [3.63, 3.8) is 0 Å². The first-order chi connectivity index (χ1) is 12.6. The Balaban J connectivity index is 1.81. The molecule has 0 fully saturated rings. The highest BCUT2D eigenvalue weighted by Gasteiger charge is 2.11. The van der Waals surface area contributed by atoms with Crippen molar-refractivity contribution in [2.75, 3.05) is 14.2 Å². The Morgan fingerprint density at radius 1 is 1.04 bits per heavy atom. The van der Waals surface area contributed by atoms with Crippen LogP contribution in [0.3, 0.4) is 0 Å². The quantitative estimate of drug-likeness (QED) is 0.389. The number of furan rings is 1. The van der Waals surface area contributed by atoms with E-state index in [-0.39, 0.29) is 5.78 Å². The molecule has 0 radical (unpaired) electrons. The second-order valence-electron chi connectivity index (χ2n) is 5.45. The van der Waals surface area contributed by atoms with Crippen LogP contribution in [0.5, 0.6) is 11.5 Å². The summed E-state index contributed by atoms with van der Waals surface area (Å²) in [5.41, 5.74) is 1.41. The van der Waals surface area contributed by atoms with Gasteiger partial charge in [-0.15, -0.1) is 0 Å². The zero-order chi connectivity index (χ0) is 18.5. The van der Waals surface area contributed by atoms with Gasteiger partial charge < -0.3 is 13.9 Å². The topological polar surface area (TPSA) is 48.7 Å². The van der Waals surface area contributed by atoms with E-state index in [1.54, 1.807) is 31.4 Å². The average Bonchev–Trinajstić information content (AvgIpc) is 3.14. The first kappa shape index (κ1) is 18.0. The Bertz CT molecular complexity index is 956. The lowest BCUT2D eigenvalue weighted by Crippen LogP contribution is -1.99. The summed E-state index contributed by atoms with van der Waals surface area (Å²) in [5.74, 6) is 2.24. The SMILES string of the molecule is COc1ccc(C(=O)/C=C/c2ccc(-c3ccccc3Br)o2)c(OC)c1. The molecule has 0 aliphatic carbocycles. The number of carbonyl (C=O) groups excluding carboxylic acids is 1. The van der Waals surface area contributed by atoms with Crippen LogP contribution in [0.1, 0.15) is 16.1 Å². The Kier molecular flexibility index (Phi) is 5.58. The van der Waals surface area contributed by atoms with Gasteiger partial charge in [0.1, 0.15) is 23.0 Å². The number of halogens is 1. The highest BCUT2D eigenvalue weighted by Crippen LogP contribution is 2.30.